The lowest BCUT2D eigenvalue weighted by Crippen LogP contribution is -2.46. The van der Waals surface area contributed by atoms with Crippen molar-refractivity contribution in [2.45, 2.75) is 32.7 Å². The lowest BCUT2D eigenvalue weighted by Gasteiger charge is -2.32. The number of nitrogens with two attached hydrogens (primary N) is 1. The molecule has 1 fully saturated rings. The number of hydrogen-bond acceptors (Lipinski definition) is 4. The van der Waals surface area contributed by atoms with Crippen LogP contribution in [0.1, 0.15) is 26.7 Å². The minimum Gasteiger partial charge on any atom is -0.355 e. The second-order valence-electron chi connectivity index (χ2n) is 5.70. The molecule has 2 atom stereocenters. The average Bonchev–Trinajstić information content (AvgIpc) is 2.43. The third-order valence-corrected chi connectivity index (χ3v) is 4.11. The predicted molar refractivity (Wildman–Crippen MR) is 79.0 cm³/mol. The Hall–Kier alpha value is -0.650. The molecule has 1 heterocycles. The Morgan fingerprint density at radius 3 is 2.53 bits per heavy atom. The number of nitrogens with zero attached hydrogens (tertiary/aromatic N) is 2. The Morgan fingerprint density at radius 2 is 1.95 bits per heavy atom. The molecule has 0 aromatic carbocycles. The van der Waals surface area contributed by atoms with E-state index in [9.17, 15) is 4.79 Å². The summed E-state index contributed by atoms with van der Waals surface area (Å²) in [4.78, 5) is 16.6. The Labute approximate surface area is 117 Å². The number of carbonyl (C=O) groups is 1. The highest BCUT2D eigenvalue weighted by Gasteiger charge is 2.19. The fourth-order valence-corrected chi connectivity index (χ4v) is 2.22. The van der Waals surface area contributed by atoms with Crippen LogP contribution in [-0.4, -0.2) is 68.1 Å². The number of nitrogens with one attached hydrogen (secondary N) is 1. The Balaban J connectivity index is 2.08. The second kappa shape index (κ2) is 8.51. The van der Waals surface area contributed by atoms with Crippen molar-refractivity contribution in [3.63, 3.8) is 0 Å². The number of rotatable bonds is 7. The fourth-order valence-electron chi connectivity index (χ4n) is 2.22. The van der Waals surface area contributed by atoms with Gasteiger partial charge in [-0.2, -0.15) is 0 Å². The summed E-state index contributed by atoms with van der Waals surface area (Å²) in [7, 11) is 2.16. The molecule has 0 saturated carbocycles. The Kier molecular flexibility index (Phi) is 7.34. The van der Waals surface area contributed by atoms with Gasteiger partial charge in [-0.3, -0.25) is 4.79 Å². The molecule has 5 heteroatoms. The molecule has 112 valence electrons. The quantitative estimate of drug-likeness (QED) is 0.645. The van der Waals surface area contributed by atoms with E-state index in [2.05, 4.69) is 29.1 Å². The Bertz CT molecular complexity index is 264. The van der Waals surface area contributed by atoms with Gasteiger partial charge >= 0.3 is 0 Å². The molecular formula is C14H30N4O. The first kappa shape index (κ1) is 16.4. The zero-order valence-electron chi connectivity index (χ0n) is 12.7. The third kappa shape index (κ3) is 5.89. The summed E-state index contributed by atoms with van der Waals surface area (Å²) in [5.41, 5.74) is 5.88. The highest BCUT2D eigenvalue weighted by Crippen LogP contribution is 2.05. The zero-order chi connectivity index (χ0) is 14.3. The van der Waals surface area contributed by atoms with Gasteiger partial charge in [0.05, 0.1) is 6.04 Å². The lowest BCUT2D eigenvalue weighted by atomic mass is 9.99. The molecule has 1 aliphatic rings. The highest BCUT2D eigenvalue weighted by atomic mass is 16.2. The van der Waals surface area contributed by atoms with E-state index >= 15 is 0 Å². The molecular weight excluding hydrogens is 240 g/mol. The molecule has 1 aliphatic heterocycles. The van der Waals surface area contributed by atoms with Crippen LogP contribution >= 0.6 is 0 Å². The van der Waals surface area contributed by atoms with Crippen molar-refractivity contribution >= 4 is 5.91 Å². The van der Waals surface area contributed by atoms with E-state index in [-0.39, 0.29) is 17.9 Å². The van der Waals surface area contributed by atoms with E-state index in [1.165, 1.54) is 0 Å². The van der Waals surface area contributed by atoms with Gasteiger partial charge in [-0.25, -0.2) is 0 Å². The van der Waals surface area contributed by atoms with Gasteiger partial charge in [-0.15, -0.1) is 0 Å². The van der Waals surface area contributed by atoms with Crippen LogP contribution in [0.2, 0.25) is 0 Å². The summed E-state index contributed by atoms with van der Waals surface area (Å²) in [5, 5.41) is 2.94. The van der Waals surface area contributed by atoms with E-state index in [1.54, 1.807) is 0 Å². The first-order chi connectivity index (χ1) is 9.04. The molecule has 1 saturated heterocycles. The minimum atomic E-state index is -0.367. The van der Waals surface area contributed by atoms with Gasteiger partial charge in [0.1, 0.15) is 0 Å². The smallest absolute Gasteiger partial charge is 0.237 e. The van der Waals surface area contributed by atoms with E-state index in [0.717, 1.165) is 52.1 Å². The first-order valence-electron chi connectivity index (χ1n) is 7.48. The van der Waals surface area contributed by atoms with Crippen molar-refractivity contribution in [1.82, 2.24) is 15.1 Å². The molecule has 5 nitrogen and oxygen atoms in total. The van der Waals surface area contributed by atoms with Crippen molar-refractivity contribution in [2.75, 3.05) is 46.3 Å². The Morgan fingerprint density at radius 1 is 1.32 bits per heavy atom. The number of hydrogen-bond donors (Lipinski definition) is 2. The van der Waals surface area contributed by atoms with Crippen molar-refractivity contribution in [2.24, 2.45) is 11.7 Å². The van der Waals surface area contributed by atoms with E-state index in [4.69, 9.17) is 5.73 Å². The van der Waals surface area contributed by atoms with Crippen LogP contribution in [0, 0.1) is 5.92 Å². The van der Waals surface area contributed by atoms with Gasteiger partial charge < -0.3 is 20.9 Å². The molecule has 1 unspecified atom stereocenters. The van der Waals surface area contributed by atoms with E-state index in [0.29, 0.717) is 0 Å². The molecule has 3 N–H and O–H groups in total. The topological polar surface area (TPSA) is 61.6 Å². The van der Waals surface area contributed by atoms with Crippen molar-refractivity contribution in [1.29, 1.82) is 0 Å². The third-order valence-electron chi connectivity index (χ3n) is 4.11. The van der Waals surface area contributed by atoms with Crippen molar-refractivity contribution in [3.8, 4) is 0 Å². The molecule has 0 aliphatic carbocycles. The van der Waals surface area contributed by atoms with Crippen molar-refractivity contribution < 1.29 is 4.79 Å². The summed E-state index contributed by atoms with van der Waals surface area (Å²) in [6, 6.07) is -0.367. The fraction of sp³-hybridized carbons (Fsp3) is 0.929. The van der Waals surface area contributed by atoms with Gasteiger partial charge in [0.15, 0.2) is 0 Å². The van der Waals surface area contributed by atoms with Gasteiger partial charge in [0, 0.05) is 32.7 Å². The molecule has 0 aromatic heterocycles. The maximum Gasteiger partial charge on any atom is 0.237 e. The van der Waals surface area contributed by atoms with E-state index < -0.39 is 0 Å². The summed E-state index contributed by atoms with van der Waals surface area (Å²) in [6.07, 6.45) is 1.94. The maximum atomic E-state index is 11.8. The standard InChI is InChI=1S/C14H30N4O/c1-4-12(2)13(15)14(19)16-6-5-7-18-10-8-17(3)9-11-18/h12-13H,4-11,15H2,1-3H3,(H,16,19)/t12?,13-/m0/s1. The van der Waals surface area contributed by atoms with Crippen LogP contribution in [-0.2, 0) is 4.79 Å². The van der Waals surface area contributed by atoms with Gasteiger partial charge in [-0.1, -0.05) is 20.3 Å². The second-order valence-corrected chi connectivity index (χ2v) is 5.70. The molecule has 0 aromatic rings. The number of carbonyl (C=O) groups excluding carboxylic acids is 1. The largest absolute Gasteiger partial charge is 0.355 e. The predicted octanol–water partition coefficient (Wildman–Crippen LogP) is 0.114. The first-order valence-corrected chi connectivity index (χ1v) is 7.48. The van der Waals surface area contributed by atoms with Crippen LogP contribution < -0.4 is 11.1 Å². The molecule has 19 heavy (non-hydrogen) atoms. The van der Waals surface area contributed by atoms with Gasteiger partial charge in [-0.05, 0) is 25.9 Å². The van der Waals surface area contributed by atoms with Crippen LogP contribution in [0.15, 0.2) is 0 Å². The SMILES string of the molecule is CCC(C)[C@H](N)C(=O)NCCCN1CCN(C)CC1. The molecule has 1 rings (SSSR count). The van der Waals surface area contributed by atoms with Gasteiger partial charge in [0.25, 0.3) is 0 Å². The van der Waals surface area contributed by atoms with Crippen molar-refractivity contribution in [3.05, 3.63) is 0 Å². The van der Waals surface area contributed by atoms with Gasteiger partial charge in [0.2, 0.25) is 5.91 Å². The summed E-state index contributed by atoms with van der Waals surface area (Å²) in [5.74, 6) is 0.241. The summed E-state index contributed by atoms with van der Waals surface area (Å²) >= 11 is 0. The van der Waals surface area contributed by atoms with Crippen LogP contribution in [0.3, 0.4) is 0 Å². The number of amides is 1. The monoisotopic (exact) mass is 270 g/mol. The zero-order valence-corrected chi connectivity index (χ0v) is 12.7. The highest BCUT2D eigenvalue weighted by molar-refractivity contribution is 5.81. The van der Waals surface area contributed by atoms with E-state index in [1.807, 2.05) is 6.92 Å². The summed E-state index contributed by atoms with van der Waals surface area (Å²) in [6.45, 7) is 10.4. The summed E-state index contributed by atoms with van der Waals surface area (Å²) < 4.78 is 0. The van der Waals surface area contributed by atoms with Crippen LogP contribution in [0.5, 0.6) is 0 Å². The molecule has 0 bridgehead atoms. The maximum absolute atomic E-state index is 11.8. The normalized spacial score (nSPS) is 21.1. The molecule has 0 radical (unpaired) electrons. The lowest BCUT2D eigenvalue weighted by molar-refractivity contribution is -0.123. The number of likely N-dealkylation sites (N-methyl/N-ethyl adjacent to an activating group) is 1. The molecule has 1 amide bonds. The molecule has 0 spiro atoms. The van der Waals surface area contributed by atoms with Crippen LogP contribution in [0.25, 0.3) is 0 Å². The number of piperazine rings is 1. The van der Waals surface area contributed by atoms with Crippen LogP contribution in [0.4, 0.5) is 0 Å². The minimum absolute atomic E-state index is 0.00673. The average molecular weight is 270 g/mol.